The number of hydrogen-bond donors (Lipinski definition) is 0. The Morgan fingerprint density at radius 2 is 1.88 bits per heavy atom. The van der Waals surface area contributed by atoms with Gasteiger partial charge in [0.25, 0.3) is 0 Å². The number of thiophene rings is 1. The molecule has 0 saturated heterocycles. The van der Waals surface area contributed by atoms with Crippen molar-refractivity contribution in [3.63, 3.8) is 0 Å². The monoisotopic (exact) mass is 456 g/mol. The van der Waals surface area contributed by atoms with Crippen molar-refractivity contribution in [2.75, 3.05) is 26.2 Å². The van der Waals surface area contributed by atoms with Crippen molar-refractivity contribution < 1.29 is 14.3 Å². The first kappa shape index (κ1) is 24.3. The minimum Gasteiger partial charge on any atom is -0.491 e. The van der Waals surface area contributed by atoms with Gasteiger partial charge in [0.2, 0.25) is 11.8 Å². The standard InChI is InChI=1S/C26H36N2O3S/c1-6-13-27(26(30)19(4)5)16-25(29)28-14-11-24-22(12-15-32-24)23(28)17-31-21-9-7-20(8-10-21)18(2)3/h7-10,12,15,18-19,23H,6,11,13-14,16-17H2,1-5H3/t23-/m0/s1. The second-order valence-corrected chi connectivity index (χ2v) is 10.1. The van der Waals surface area contributed by atoms with E-state index in [4.69, 9.17) is 4.74 Å². The van der Waals surface area contributed by atoms with E-state index in [0.717, 1.165) is 18.6 Å². The van der Waals surface area contributed by atoms with E-state index in [1.54, 1.807) is 16.2 Å². The fraction of sp³-hybridized carbons (Fsp3) is 0.538. The first-order valence-electron chi connectivity index (χ1n) is 11.7. The van der Waals surface area contributed by atoms with Crippen LogP contribution in [0.15, 0.2) is 35.7 Å². The number of amides is 2. The van der Waals surface area contributed by atoms with Crippen LogP contribution in [0.4, 0.5) is 0 Å². The van der Waals surface area contributed by atoms with E-state index in [1.165, 1.54) is 16.0 Å². The Hall–Kier alpha value is -2.34. The van der Waals surface area contributed by atoms with Crippen LogP contribution in [0.5, 0.6) is 5.75 Å². The summed E-state index contributed by atoms with van der Waals surface area (Å²) in [6, 6.07) is 10.2. The molecule has 0 spiro atoms. The molecule has 5 nitrogen and oxygen atoms in total. The van der Waals surface area contributed by atoms with Gasteiger partial charge in [-0.05, 0) is 53.5 Å². The van der Waals surface area contributed by atoms with Crippen molar-refractivity contribution in [1.29, 1.82) is 0 Å². The van der Waals surface area contributed by atoms with Gasteiger partial charge in [-0.25, -0.2) is 0 Å². The average molecular weight is 457 g/mol. The smallest absolute Gasteiger partial charge is 0.242 e. The first-order chi connectivity index (χ1) is 15.3. The molecule has 1 atom stereocenters. The Bertz CT molecular complexity index is 904. The molecular weight excluding hydrogens is 420 g/mol. The maximum absolute atomic E-state index is 13.4. The summed E-state index contributed by atoms with van der Waals surface area (Å²) in [6.07, 6.45) is 1.68. The van der Waals surface area contributed by atoms with E-state index >= 15 is 0 Å². The normalized spacial score (nSPS) is 15.7. The number of nitrogens with zero attached hydrogens (tertiary/aromatic N) is 2. The van der Waals surface area contributed by atoms with Crippen molar-refractivity contribution >= 4 is 23.2 Å². The summed E-state index contributed by atoms with van der Waals surface area (Å²) < 4.78 is 6.16. The Kier molecular flexibility index (Phi) is 8.35. The lowest BCUT2D eigenvalue weighted by Crippen LogP contribution is -2.48. The molecule has 3 rings (SSSR count). The summed E-state index contributed by atoms with van der Waals surface area (Å²) in [6.45, 7) is 11.9. The molecule has 0 N–H and O–H groups in total. The third-order valence-corrected chi connectivity index (χ3v) is 6.99. The van der Waals surface area contributed by atoms with Crippen LogP contribution in [-0.2, 0) is 16.0 Å². The number of fused-ring (bicyclic) bond motifs is 1. The van der Waals surface area contributed by atoms with E-state index in [-0.39, 0.29) is 30.3 Å². The topological polar surface area (TPSA) is 49.9 Å². The van der Waals surface area contributed by atoms with Crippen molar-refractivity contribution in [3.05, 3.63) is 51.7 Å². The van der Waals surface area contributed by atoms with Gasteiger partial charge in [-0.1, -0.05) is 46.8 Å². The Morgan fingerprint density at radius 1 is 1.16 bits per heavy atom. The summed E-state index contributed by atoms with van der Waals surface area (Å²) in [4.78, 5) is 30.9. The molecule has 2 aromatic rings. The van der Waals surface area contributed by atoms with Crippen molar-refractivity contribution in [2.24, 2.45) is 5.92 Å². The second-order valence-electron chi connectivity index (χ2n) is 9.10. The molecule has 2 amide bonds. The minimum atomic E-state index is -0.139. The van der Waals surface area contributed by atoms with Gasteiger partial charge in [0.05, 0.1) is 12.6 Å². The predicted molar refractivity (Wildman–Crippen MR) is 130 cm³/mol. The number of carbonyl (C=O) groups is 2. The Labute approximate surface area is 196 Å². The third kappa shape index (κ3) is 5.71. The van der Waals surface area contributed by atoms with E-state index in [2.05, 4.69) is 37.4 Å². The summed E-state index contributed by atoms with van der Waals surface area (Å²) in [5, 5.41) is 2.09. The number of rotatable bonds is 9. The minimum absolute atomic E-state index is 0.00643. The molecule has 174 valence electrons. The molecule has 6 heteroatoms. The predicted octanol–water partition coefficient (Wildman–Crippen LogP) is 5.27. The van der Waals surface area contributed by atoms with Crippen molar-refractivity contribution in [1.82, 2.24) is 9.80 Å². The highest BCUT2D eigenvalue weighted by atomic mass is 32.1. The van der Waals surface area contributed by atoms with E-state index in [1.807, 2.05) is 37.8 Å². The summed E-state index contributed by atoms with van der Waals surface area (Å²) in [7, 11) is 0. The van der Waals surface area contributed by atoms with Gasteiger partial charge in [-0.2, -0.15) is 0 Å². The van der Waals surface area contributed by atoms with Gasteiger partial charge < -0.3 is 14.5 Å². The fourth-order valence-corrected chi connectivity index (χ4v) is 5.08. The molecule has 2 heterocycles. The average Bonchev–Trinajstić information content (AvgIpc) is 3.25. The molecule has 0 bridgehead atoms. The van der Waals surface area contributed by atoms with Gasteiger partial charge in [-0.15, -0.1) is 11.3 Å². The highest BCUT2D eigenvalue weighted by Gasteiger charge is 2.33. The maximum atomic E-state index is 13.4. The summed E-state index contributed by atoms with van der Waals surface area (Å²) >= 11 is 1.74. The van der Waals surface area contributed by atoms with E-state index in [9.17, 15) is 9.59 Å². The second kappa shape index (κ2) is 11.0. The molecule has 0 unspecified atom stereocenters. The van der Waals surface area contributed by atoms with Crippen LogP contribution >= 0.6 is 11.3 Å². The van der Waals surface area contributed by atoms with E-state index in [0.29, 0.717) is 25.6 Å². The molecule has 0 radical (unpaired) electrons. The quantitative estimate of drug-likeness (QED) is 0.516. The van der Waals surface area contributed by atoms with Crippen LogP contribution in [0.1, 0.15) is 69.0 Å². The number of hydrogen-bond acceptors (Lipinski definition) is 4. The van der Waals surface area contributed by atoms with Gasteiger partial charge in [0.15, 0.2) is 0 Å². The fourth-order valence-electron chi connectivity index (χ4n) is 4.16. The van der Waals surface area contributed by atoms with Crippen LogP contribution in [0.2, 0.25) is 0 Å². The highest BCUT2D eigenvalue weighted by Crippen LogP contribution is 2.34. The van der Waals surface area contributed by atoms with Crippen LogP contribution in [-0.4, -0.2) is 47.9 Å². The third-order valence-electron chi connectivity index (χ3n) is 6.00. The molecule has 1 aromatic carbocycles. The van der Waals surface area contributed by atoms with Crippen molar-refractivity contribution in [2.45, 2.75) is 59.4 Å². The molecule has 0 saturated carbocycles. The number of ether oxygens (including phenoxy) is 1. The molecule has 0 aliphatic carbocycles. The first-order valence-corrected chi connectivity index (χ1v) is 12.6. The Morgan fingerprint density at radius 3 is 2.50 bits per heavy atom. The lowest BCUT2D eigenvalue weighted by Gasteiger charge is -2.37. The van der Waals surface area contributed by atoms with Crippen LogP contribution in [0, 0.1) is 5.92 Å². The SMILES string of the molecule is CCCN(CC(=O)N1CCc2sccc2[C@@H]1COc1ccc(C(C)C)cc1)C(=O)C(C)C. The zero-order valence-electron chi connectivity index (χ0n) is 20.0. The van der Waals surface area contributed by atoms with Gasteiger partial charge in [0.1, 0.15) is 12.4 Å². The Balaban J connectivity index is 1.75. The molecule has 1 aliphatic rings. The van der Waals surface area contributed by atoms with E-state index < -0.39 is 0 Å². The zero-order chi connectivity index (χ0) is 23.3. The lowest BCUT2D eigenvalue weighted by molar-refractivity contribution is -0.144. The molecule has 0 fully saturated rings. The summed E-state index contributed by atoms with van der Waals surface area (Å²) in [5.41, 5.74) is 2.45. The molecular formula is C26H36N2O3S. The zero-order valence-corrected chi connectivity index (χ0v) is 20.8. The molecule has 32 heavy (non-hydrogen) atoms. The largest absolute Gasteiger partial charge is 0.491 e. The highest BCUT2D eigenvalue weighted by molar-refractivity contribution is 7.10. The van der Waals surface area contributed by atoms with Crippen LogP contribution in [0.3, 0.4) is 0 Å². The number of carbonyl (C=O) groups excluding carboxylic acids is 2. The van der Waals surface area contributed by atoms with Crippen molar-refractivity contribution in [3.8, 4) is 5.75 Å². The van der Waals surface area contributed by atoms with Gasteiger partial charge >= 0.3 is 0 Å². The van der Waals surface area contributed by atoms with Crippen LogP contribution in [0.25, 0.3) is 0 Å². The summed E-state index contributed by atoms with van der Waals surface area (Å²) in [5.74, 6) is 1.20. The molecule has 1 aromatic heterocycles. The van der Waals surface area contributed by atoms with Gasteiger partial charge in [-0.3, -0.25) is 9.59 Å². The number of benzene rings is 1. The maximum Gasteiger partial charge on any atom is 0.242 e. The molecule has 1 aliphatic heterocycles. The lowest BCUT2D eigenvalue weighted by atomic mass is 10.00. The van der Waals surface area contributed by atoms with Gasteiger partial charge in [0, 0.05) is 23.9 Å². The van der Waals surface area contributed by atoms with Crippen LogP contribution < -0.4 is 4.74 Å².